The maximum absolute atomic E-state index is 12.7. The molecule has 0 radical (unpaired) electrons. The number of nitrogens with zero attached hydrogens (tertiary/aromatic N) is 1. The van der Waals surface area contributed by atoms with Gasteiger partial charge in [0, 0.05) is 19.0 Å². The molecule has 1 amide bonds. The van der Waals surface area contributed by atoms with Crippen LogP contribution in [0.2, 0.25) is 0 Å². The monoisotopic (exact) mass is 420 g/mol. The number of halogens is 3. The summed E-state index contributed by atoms with van der Waals surface area (Å²) in [5.74, 6) is -0.761. The first kappa shape index (κ1) is 20.9. The molecule has 28 heavy (non-hydrogen) atoms. The van der Waals surface area contributed by atoms with Gasteiger partial charge < -0.3 is 10.1 Å². The number of hydrogen-bond donors (Lipinski definition) is 1. The second kappa shape index (κ2) is 8.28. The first-order valence-corrected chi connectivity index (χ1v) is 10.8. The average Bonchev–Trinajstić information content (AvgIpc) is 3.33. The molecule has 1 aliphatic carbocycles. The van der Waals surface area contributed by atoms with Crippen LogP contribution in [0.15, 0.2) is 23.1 Å². The van der Waals surface area contributed by atoms with E-state index < -0.39 is 22.8 Å². The quantitative estimate of drug-likeness (QED) is 0.764. The largest absolute Gasteiger partial charge is 0.482 e. The standard InChI is InChI=1S/C18H23F3N2O4S/c19-18(20,21)12-27-16-8-7-14(28(25,26)23-9-3-4-10-23)11-15(16)22-17(24)13-5-1-2-6-13/h7-8,11,13H,1-6,9-10,12H2,(H,22,24). The lowest BCUT2D eigenvalue weighted by Crippen LogP contribution is -2.28. The molecule has 1 heterocycles. The van der Waals surface area contributed by atoms with E-state index >= 15 is 0 Å². The number of nitrogens with one attached hydrogen (secondary N) is 1. The lowest BCUT2D eigenvalue weighted by atomic mass is 10.1. The molecule has 0 atom stereocenters. The van der Waals surface area contributed by atoms with Crippen LogP contribution in [0, 0.1) is 5.92 Å². The number of amides is 1. The van der Waals surface area contributed by atoms with Gasteiger partial charge in [0.2, 0.25) is 15.9 Å². The fourth-order valence-electron chi connectivity index (χ4n) is 3.55. The predicted molar refractivity (Wildman–Crippen MR) is 96.6 cm³/mol. The SMILES string of the molecule is O=C(Nc1cc(S(=O)(=O)N2CCCC2)ccc1OCC(F)(F)F)C1CCCC1. The molecule has 10 heteroatoms. The number of carbonyl (C=O) groups is 1. The Morgan fingerprint density at radius 2 is 1.79 bits per heavy atom. The second-order valence-electron chi connectivity index (χ2n) is 7.14. The number of ether oxygens (including phenoxy) is 1. The van der Waals surface area contributed by atoms with Gasteiger partial charge in [-0.15, -0.1) is 0 Å². The third kappa shape index (κ3) is 4.96. The van der Waals surface area contributed by atoms with E-state index in [-0.39, 0.29) is 28.2 Å². The highest BCUT2D eigenvalue weighted by Gasteiger charge is 2.31. The summed E-state index contributed by atoms with van der Waals surface area (Å²) in [5, 5.41) is 2.58. The summed E-state index contributed by atoms with van der Waals surface area (Å²) in [6, 6.07) is 3.57. The molecule has 3 rings (SSSR count). The van der Waals surface area contributed by atoms with Crippen LogP contribution in [-0.2, 0) is 14.8 Å². The fraction of sp³-hybridized carbons (Fsp3) is 0.611. The summed E-state index contributed by atoms with van der Waals surface area (Å²) in [6.45, 7) is -0.728. The smallest absolute Gasteiger partial charge is 0.422 e. The van der Waals surface area contributed by atoms with Gasteiger partial charge in [0.1, 0.15) is 5.75 Å². The first-order valence-electron chi connectivity index (χ1n) is 9.31. The van der Waals surface area contributed by atoms with Crippen LogP contribution < -0.4 is 10.1 Å². The maximum Gasteiger partial charge on any atom is 0.422 e. The van der Waals surface area contributed by atoms with E-state index in [0.717, 1.165) is 25.7 Å². The third-order valence-corrected chi connectivity index (χ3v) is 6.92. The summed E-state index contributed by atoms with van der Waals surface area (Å²) in [4.78, 5) is 12.4. The van der Waals surface area contributed by atoms with Gasteiger partial charge in [0.25, 0.3) is 0 Å². The van der Waals surface area contributed by atoms with Crippen LogP contribution in [0.25, 0.3) is 0 Å². The number of anilines is 1. The van der Waals surface area contributed by atoms with Gasteiger partial charge in [-0.2, -0.15) is 17.5 Å². The Hall–Kier alpha value is -1.81. The Morgan fingerprint density at radius 3 is 2.39 bits per heavy atom. The van der Waals surface area contributed by atoms with E-state index in [1.807, 2.05) is 0 Å². The number of hydrogen-bond acceptors (Lipinski definition) is 4. The molecule has 1 saturated carbocycles. The molecule has 0 spiro atoms. The molecule has 2 aliphatic rings. The molecule has 2 fully saturated rings. The minimum atomic E-state index is -4.55. The number of carbonyl (C=O) groups excluding carboxylic acids is 1. The van der Waals surface area contributed by atoms with E-state index in [1.54, 1.807) is 0 Å². The topological polar surface area (TPSA) is 75.7 Å². The molecule has 0 unspecified atom stereocenters. The minimum Gasteiger partial charge on any atom is -0.482 e. The lowest BCUT2D eigenvalue weighted by molar-refractivity contribution is -0.153. The third-order valence-electron chi connectivity index (χ3n) is 5.03. The molecule has 156 valence electrons. The predicted octanol–water partition coefficient (Wildman–Crippen LogP) is 3.54. The summed E-state index contributed by atoms with van der Waals surface area (Å²) < 4.78 is 69.3. The van der Waals surface area contributed by atoms with Gasteiger partial charge in [-0.05, 0) is 43.9 Å². The summed E-state index contributed by atoms with van der Waals surface area (Å²) in [5.41, 5.74) is -0.0542. The van der Waals surface area contributed by atoms with Crippen LogP contribution in [0.3, 0.4) is 0 Å². The van der Waals surface area contributed by atoms with Gasteiger partial charge in [-0.3, -0.25) is 4.79 Å². The van der Waals surface area contributed by atoms with Gasteiger partial charge >= 0.3 is 6.18 Å². The van der Waals surface area contributed by atoms with Gasteiger partial charge in [0.15, 0.2) is 6.61 Å². The van der Waals surface area contributed by atoms with Crippen molar-refractivity contribution < 1.29 is 31.1 Å². The van der Waals surface area contributed by atoms with Gasteiger partial charge in [0.05, 0.1) is 10.6 Å². The molecule has 1 aromatic rings. The molecule has 0 aromatic heterocycles. The zero-order chi connectivity index (χ0) is 20.4. The Morgan fingerprint density at radius 1 is 1.14 bits per heavy atom. The van der Waals surface area contributed by atoms with Crippen molar-refractivity contribution in [3.05, 3.63) is 18.2 Å². The Bertz CT molecular complexity index is 815. The van der Waals surface area contributed by atoms with E-state index in [4.69, 9.17) is 4.74 Å². The average molecular weight is 420 g/mol. The fourth-order valence-corrected chi connectivity index (χ4v) is 5.10. The van der Waals surface area contributed by atoms with Gasteiger partial charge in [-0.25, -0.2) is 8.42 Å². The zero-order valence-corrected chi connectivity index (χ0v) is 16.1. The van der Waals surface area contributed by atoms with Crippen LogP contribution in [0.1, 0.15) is 38.5 Å². The number of rotatable bonds is 6. The number of alkyl halides is 3. The highest BCUT2D eigenvalue weighted by molar-refractivity contribution is 7.89. The number of benzene rings is 1. The van der Waals surface area contributed by atoms with Crippen molar-refractivity contribution in [3.8, 4) is 5.75 Å². The molecular weight excluding hydrogens is 397 g/mol. The van der Waals surface area contributed by atoms with E-state index in [1.165, 1.54) is 22.5 Å². The molecule has 1 aliphatic heterocycles. The maximum atomic E-state index is 12.7. The van der Waals surface area contributed by atoms with Crippen molar-refractivity contribution in [2.24, 2.45) is 5.92 Å². The highest BCUT2D eigenvalue weighted by Crippen LogP contribution is 2.33. The molecule has 6 nitrogen and oxygen atoms in total. The van der Waals surface area contributed by atoms with Crippen molar-refractivity contribution in [2.45, 2.75) is 49.6 Å². The van der Waals surface area contributed by atoms with E-state index in [9.17, 15) is 26.4 Å². The van der Waals surface area contributed by atoms with Crippen molar-refractivity contribution in [1.82, 2.24) is 4.31 Å². The van der Waals surface area contributed by atoms with E-state index in [0.29, 0.717) is 25.9 Å². The Labute approximate surface area is 162 Å². The first-order chi connectivity index (χ1) is 13.2. The minimum absolute atomic E-state index is 0.0542. The van der Waals surface area contributed by atoms with Crippen molar-refractivity contribution in [2.75, 3.05) is 25.0 Å². The summed E-state index contributed by atoms with van der Waals surface area (Å²) in [6.07, 6.45) is 0.214. The highest BCUT2D eigenvalue weighted by atomic mass is 32.2. The summed E-state index contributed by atoms with van der Waals surface area (Å²) >= 11 is 0. The molecule has 1 aromatic carbocycles. The van der Waals surface area contributed by atoms with Crippen molar-refractivity contribution in [1.29, 1.82) is 0 Å². The molecule has 0 bridgehead atoms. The van der Waals surface area contributed by atoms with Crippen molar-refractivity contribution >= 4 is 21.6 Å². The normalized spacial score (nSPS) is 19.1. The summed E-state index contributed by atoms with van der Waals surface area (Å²) in [7, 11) is -3.77. The van der Waals surface area contributed by atoms with Crippen molar-refractivity contribution in [3.63, 3.8) is 0 Å². The molecule has 1 saturated heterocycles. The lowest BCUT2D eigenvalue weighted by Gasteiger charge is -2.19. The van der Waals surface area contributed by atoms with Crippen LogP contribution >= 0.6 is 0 Å². The second-order valence-corrected chi connectivity index (χ2v) is 9.08. The van der Waals surface area contributed by atoms with Crippen LogP contribution in [-0.4, -0.2) is 44.5 Å². The molecule has 1 N–H and O–H groups in total. The van der Waals surface area contributed by atoms with Crippen LogP contribution in [0.5, 0.6) is 5.75 Å². The Balaban J connectivity index is 1.88. The Kier molecular flexibility index (Phi) is 6.18. The van der Waals surface area contributed by atoms with Crippen LogP contribution in [0.4, 0.5) is 18.9 Å². The van der Waals surface area contributed by atoms with E-state index in [2.05, 4.69) is 5.32 Å². The molecular formula is C18H23F3N2O4S. The zero-order valence-electron chi connectivity index (χ0n) is 15.3. The van der Waals surface area contributed by atoms with Gasteiger partial charge in [-0.1, -0.05) is 12.8 Å². The number of sulfonamides is 1.